The van der Waals surface area contributed by atoms with Crippen LogP contribution in [0, 0.1) is 0 Å². The Labute approximate surface area is 139 Å². The van der Waals surface area contributed by atoms with Crippen molar-refractivity contribution in [2.24, 2.45) is 0 Å². The second kappa shape index (κ2) is 6.39. The molecule has 0 radical (unpaired) electrons. The number of carbonyl (C=O) groups excluding carboxylic acids is 2. The minimum absolute atomic E-state index is 0. The first kappa shape index (κ1) is 16.3. The van der Waals surface area contributed by atoms with E-state index in [1.54, 1.807) is 11.9 Å². The summed E-state index contributed by atoms with van der Waals surface area (Å²) in [6, 6.07) is 7.16. The molecule has 1 aliphatic rings. The van der Waals surface area contributed by atoms with Crippen LogP contribution in [0.5, 0.6) is 0 Å². The summed E-state index contributed by atoms with van der Waals surface area (Å²) < 4.78 is 0. The Morgan fingerprint density at radius 2 is 2.00 bits per heavy atom. The van der Waals surface area contributed by atoms with E-state index >= 15 is 0 Å². The predicted molar refractivity (Wildman–Crippen MR) is 75.9 cm³/mol. The van der Waals surface area contributed by atoms with Gasteiger partial charge in [-0.05, 0) is 23.6 Å². The summed E-state index contributed by atoms with van der Waals surface area (Å²) in [5, 5.41) is 12.5. The van der Waals surface area contributed by atoms with Gasteiger partial charge in [-0.2, -0.15) is 0 Å². The molecule has 1 fully saturated rings. The molecule has 0 bridgehead atoms. The molecule has 1 aliphatic heterocycles. The number of aromatic carboxylic acids is 1. The molecule has 0 unspecified atom stereocenters. The fourth-order valence-corrected chi connectivity index (χ4v) is 2.42. The number of nitrogens with zero attached hydrogens (tertiary/aromatic N) is 3. The van der Waals surface area contributed by atoms with Crippen LogP contribution in [0.2, 0.25) is 0 Å². The number of carbonyl (C=O) groups is 2. The maximum Gasteiger partial charge on any atom is 1.00 e. The number of amides is 1. The van der Waals surface area contributed by atoms with Gasteiger partial charge in [0.05, 0.1) is 18.2 Å². The summed E-state index contributed by atoms with van der Waals surface area (Å²) in [5.74, 6) is -1.22. The van der Waals surface area contributed by atoms with Gasteiger partial charge >= 0.3 is 18.9 Å². The van der Waals surface area contributed by atoms with E-state index in [0.29, 0.717) is 13.1 Å². The number of pyridine rings is 1. The number of fused-ring (bicyclic) bond motifs is 1. The molecular formula is C15H14LiN3O3. The number of hydrogen-bond acceptors (Lipinski definition) is 5. The third kappa shape index (κ3) is 3.08. The zero-order valence-electron chi connectivity index (χ0n) is 12.6. The van der Waals surface area contributed by atoms with E-state index in [9.17, 15) is 14.7 Å². The van der Waals surface area contributed by atoms with E-state index in [1.165, 1.54) is 12.3 Å². The van der Waals surface area contributed by atoms with Crippen molar-refractivity contribution in [3.8, 4) is 0 Å². The van der Waals surface area contributed by atoms with E-state index < -0.39 is 5.97 Å². The molecule has 1 aromatic carbocycles. The van der Waals surface area contributed by atoms with Crippen LogP contribution in [-0.4, -0.2) is 48.4 Å². The van der Waals surface area contributed by atoms with E-state index in [2.05, 4.69) is 4.98 Å². The Hall–Kier alpha value is -2.03. The van der Waals surface area contributed by atoms with Gasteiger partial charge in [-0.3, -0.25) is 9.78 Å². The van der Waals surface area contributed by atoms with Gasteiger partial charge in [0.25, 0.3) is 0 Å². The molecule has 0 atom stereocenters. The average molecular weight is 291 g/mol. The molecule has 6 nitrogen and oxygen atoms in total. The van der Waals surface area contributed by atoms with E-state index in [4.69, 9.17) is 0 Å². The zero-order valence-corrected chi connectivity index (χ0v) is 12.6. The Bertz CT molecular complexity index is 735. The number of anilines is 1. The first-order valence-electron chi connectivity index (χ1n) is 6.64. The van der Waals surface area contributed by atoms with E-state index in [-0.39, 0.29) is 30.5 Å². The normalized spacial score (nSPS) is 14.9. The van der Waals surface area contributed by atoms with Gasteiger partial charge in [0.15, 0.2) is 0 Å². The van der Waals surface area contributed by atoms with Crippen molar-refractivity contribution in [3.63, 3.8) is 0 Å². The Morgan fingerprint density at radius 1 is 1.23 bits per heavy atom. The van der Waals surface area contributed by atoms with Gasteiger partial charge in [-0.25, -0.2) is 0 Å². The molecule has 22 heavy (non-hydrogen) atoms. The van der Waals surface area contributed by atoms with Crippen LogP contribution >= 0.6 is 0 Å². The van der Waals surface area contributed by atoms with E-state index in [0.717, 1.165) is 23.0 Å². The summed E-state index contributed by atoms with van der Waals surface area (Å²) in [6.07, 6.45) is 1.51. The monoisotopic (exact) mass is 291 g/mol. The van der Waals surface area contributed by atoms with Gasteiger partial charge in [-0.1, -0.05) is 6.07 Å². The maximum absolute atomic E-state index is 11.8. The van der Waals surface area contributed by atoms with Crippen molar-refractivity contribution < 1.29 is 33.6 Å². The summed E-state index contributed by atoms with van der Waals surface area (Å²) in [6.45, 7) is 1.77. The van der Waals surface area contributed by atoms with Gasteiger partial charge in [0.1, 0.15) is 0 Å². The molecule has 0 aliphatic carbocycles. The SMILES string of the molecule is CN1CCN(c2ccc3cnc(C(=O)[O-])cc3c2)CC1=O.[Li+]. The van der Waals surface area contributed by atoms with Crippen molar-refractivity contribution in [3.05, 3.63) is 36.2 Å². The number of hydrogen-bond donors (Lipinski definition) is 0. The minimum Gasteiger partial charge on any atom is -0.543 e. The summed E-state index contributed by atoms with van der Waals surface area (Å²) in [5.41, 5.74) is 0.813. The van der Waals surface area contributed by atoms with Crippen LogP contribution in [-0.2, 0) is 4.79 Å². The number of benzene rings is 1. The molecule has 0 N–H and O–H groups in total. The van der Waals surface area contributed by atoms with Gasteiger partial charge in [-0.15, -0.1) is 0 Å². The summed E-state index contributed by atoms with van der Waals surface area (Å²) in [7, 11) is 1.79. The first-order valence-corrected chi connectivity index (χ1v) is 6.64. The number of piperazine rings is 1. The Kier molecular flexibility index (Phi) is 4.74. The van der Waals surface area contributed by atoms with Crippen LogP contribution in [0.25, 0.3) is 10.8 Å². The Balaban J connectivity index is 0.00000176. The minimum atomic E-state index is -1.29. The topological polar surface area (TPSA) is 76.6 Å². The first-order chi connectivity index (χ1) is 10.0. The molecule has 7 heteroatoms. The molecule has 0 saturated carbocycles. The summed E-state index contributed by atoms with van der Waals surface area (Å²) in [4.78, 5) is 30.2. The molecule has 1 saturated heterocycles. The molecule has 1 aromatic heterocycles. The van der Waals surface area contributed by atoms with Crippen LogP contribution in [0.15, 0.2) is 30.5 Å². The van der Waals surface area contributed by atoms with Crippen molar-refractivity contribution in [1.82, 2.24) is 9.88 Å². The Morgan fingerprint density at radius 3 is 2.68 bits per heavy atom. The molecule has 2 heterocycles. The molecule has 2 aromatic rings. The molecule has 108 valence electrons. The zero-order chi connectivity index (χ0) is 15.0. The average Bonchev–Trinajstić information content (AvgIpc) is 2.49. The van der Waals surface area contributed by atoms with Crippen molar-refractivity contribution >= 4 is 28.3 Å². The third-order valence-corrected chi connectivity index (χ3v) is 3.74. The summed E-state index contributed by atoms with van der Waals surface area (Å²) >= 11 is 0. The quantitative estimate of drug-likeness (QED) is 0.547. The smallest absolute Gasteiger partial charge is 0.543 e. The fraction of sp³-hybridized carbons (Fsp3) is 0.267. The molecule has 0 spiro atoms. The van der Waals surface area contributed by atoms with Crippen molar-refractivity contribution in [2.75, 3.05) is 31.6 Å². The standard InChI is InChI=1S/C15H15N3O3.Li/c1-17-4-5-18(9-14(17)19)12-3-2-10-8-16-13(15(20)21)7-11(10)6-12;/h2-3,6-8H,4-5,9H2,1H3,(H,20,21);/q;+1/p-1. The van der Waals surface area contributed by atoms with E-state index in [1.807, 2.05) is 23.1 Å². The van der Waals surface area contributed by atoms with Crippen LogP contribution < -0.4 is 28.9 Å². The fourth-order valence-electron chi connectivity index (χ4n) is 2.42. The molecule has 1 amide bonds. The van der Waals surface area contributed by atoms with Crippen LogP contribution in [0.4, 0.5) is 5.69 Å². The predicted octanol–water partition coefficient (Wildman–Crippen LogP) is -3.12. The van der Waals surface area contributed by atoms with Crippen LogP contribution in [0.3, 0.4) is 0 Å². The van der Waals surface area contributed by atoms with Gasteiger partial charge in [0, 0.05) is 37.4 Å². The van der Waals surface area contributed by atoms with Gasteiger partial charge in [0.2, 0.25) is 5.91 Å². The second-order valence-electron chi connectivity index (χ2n) is 5.13. The maximum atomic E-state index is 11.8. The second-order valence-corrected chi connectivity index (χ2v) is 5.13. The van der Waals surface area contributed by atoms with Gasteiger partial charge < -0.3 is 19.7 Å². The third-order valence-electron chi connectivity index (χ3n) is 3.74. The largest absolute Gasteiger partial charge is 1.00 e. The number of carboxylic acid groups (broad SMARTS) is 1. The molecular weight excluding hydrogens is 277 g/mol. The number of likely N-dealkylation sites (N-methyl/N-ethyl adjacent to an activating group) is 1. The number of aromatic nitrogens is 1. The molecule has 3 rings (SSSR count). The van der Waals surface area contributed by atoms with Crippen molar-refractivity contribution in [2.45, 2.75) is 0 Å². The van der Waals surface area contributed by atoms with Crippen molar-refractivity contribution in [1.29, 1.82) is 0 Å². The number of carboxylic acids is 1. The van der Waals surface area contributed by atoms with Crippen LogP contribution in [0.1, 0.15) is 10.5 Å². The number of rotatable bonds is 2.